The highest BCUT2D eigenvalue weighted by Gasteiger charge is 2.95. The number of hydrogen-bond acceptors (Lipinski definition) is 12. The molecular weight excluding hydrogens is 576 g/mol. The maximum absolute atomic E-state index is 13.7. The molecule has 0 radical (unpaired) electrons. The van der Waals surface area contributed by atoms with Crippen LogP contribution < -0.4 is 0 Å². The van der Waals surface area contributed by atoms with Gasteiger partial charge in [0.05, 0.1) is 51.0 Å². The van der Waals surface area contributed by atoms with Crippen LogP contribution in [-0.4, -0.2) is 107 Å². The van der Waals surface area contributed by atoms with Crippen molar-refractivity contribution >= 4 is 11.9 Å². The van der Waals surface area contributed by atoms with E-state index in [0.29, 0.717) is 12.0 Å². The highest BCUT2D eigenvalue weighted by Crippen LogP contribution is 2.82. The maximum atomic E-state index is 13.7. The molecule has 8 aliphatic rings. The molecule has 242 valence electrons. The Hall–Kier alpha value is -2.06. The van der Waals surface area contributed by atoms with E-state index in [4.69, 9.17) is 33.2 Å². The lowest BCUT2D eigenvalue weighted by Gasteiger charge is -2.65. The van der Waals surface area contributed by atoms with Crippen LogP contribution in [0, 0.1) is 34.0 Å². The molecule has 0 unspecified atom stereocenters. The smallest absolute Gasteiger partial charge is 0.335 e. The first-order valence-corrected chi connectivity index (χ1v) is 15.6. The number of carbonyl (C=O) groups excluding carboxylic acids is 2. The van der Waals surface area contributed by atoms with E-state index in [2.05, 4.69) is 0 Å². The summed E-state index contributed by atoms with van der Waals surface area (Å²) >= 11 is 0. The zero-order valence-electron chi connectivity index (χ0n) is 25.8. The van der Waals surface area contributed by atoms with Crippen LogP contribution in [0.25, 0.3) is 0 Å². The Morgan fingerprint density at radius 2 is 1.80 bits per heavy atom. The highest BCUT2D eigenvalue weighted by atomic mass is 16.7. The molecule has 3 aliphatic carbocycles. The Kier molecular flexibility index (Phi) is 5.76. The van der Waals surface area contributed by atoms with Crippen LogP contribution in [0.1, 0.15) is 47.5 Å². The van der Waals surface area contributed by atoms with Gasteiger partial charge in [-0.2, -0.15) is 0 Å². The molecule has 0 aromatic heterocycles. The van der Waals surface area contributed by atoms with Crippen LogP contribution in [0.15, 0.2) is 24.0 Å². The first kappa shape index (κ1) is 29.3. The lowest BCUT2D eigenvalue weighted by Crippen LogP contribution is -2.76. The van der Waals surface area contributed by atoms with E-state index >= 15 is 0 Å². The molecule has 2 bridgehead atoms. The maximum Gasteiger partial charge on any atom is 0.335 e. The number of aliphatic hydroxyl groups excluding tert-OH is 2. The average molecular weight is 619 g/mol. The molecule has 3 saturated carbocycles. The summed E-state index contributed by atoms with van der Waals surface area (Å²) < 4.78 is 43.8. The van der Waals surface area contributed by atoms with Crippen molar-refractivity contribution in [2.45, 2.75) is 107 Å². The second-order valence-electron chi connectivity index (χ2n) is 15.0. The van der Waals surface area contributed by atoms with Gasteiger partial charge in [0.25, 0.3) is 0 Å². The molecule has 1 spiro atoms. The van der Waals surface area contributed by atoms with E-state index in [9.17, 15) is 24.9 Å². The molecule has 8 rings (SSSR count). The van der Waals surface area contributed by atoms with Gasteiger partial charge in [0.1, 0.15) is 17.3 Å². The Morgan fingerprint density at radius 3 is 2.50 bits per heavy atom. The second-order valence-corrected chi connectivity index (χ2v) is 15.0. The van der Waals surface area contributed by atoms with Gasteiger partial charge in [-0.3, -0.25) is 0 Å². The van der Waals surface area contributed by atoms with E-state index in [-0.39, 0.29) is 19.6 Å². The van der Waals surface area contributed by atoms with Crippen molar-refractivity contribution in [3.05, 3.63) is 24.0 Å². The molecule has 4 saturated heterocycles. The molecule has 5 aliphatic heterocycles. The first-order chi connectivity index (χ1) is 20.7. The molecule has 5 heterocycles. The predicted molar refractivity (Wildman–Crippen MR) is 147 cm³/mol. The number of fused-ring (bicyclic) bond motifs is 7. The second kappa shape index (κ2) is 8.64. The van der Waals surface area contributed by atoms with Gasteiger partial charge in [-0.25, -0.2) is 9.59 Å². The van der Waals surface area contributed by atoms with Crippen molar-refractivity contribution in [3.63, 3.8) is 0 Å². The molecule has 0 aromatic carbocycles. The monoisotopic (exact) mass is 618 g/mol. The van der Waals surface area contributed by atoms with E-state index < -0.39 is 106 Å². The standard InChI is InChI=1S/C32H42O12/c1-7-14(2)24(35)43-23-19-21-27(3,12-40-19)16(33)11-17(34)30(21)13-41-20(25(36)38-6)22(30)28(23,4)32-18-10-15(29(32,5)44-32)31(37)8-9-39-26(31)42-18/h7-9,15-23,26,33-34,37H,10-13H2,1-6H3/b14-7+/t15-,16-,17+,18+,19-,20+,21+,22+,23-,26+,27-,28+,29+,30+,31+,32+/m1/s1. The van der Waals surface area contributed by atoms with Gasteiger partial charge >= 0.3 is 11.9 Å². The van der Waals surface area contributed by atoms with Gasteiger partial charge in [0, 0.05) is 46.0 Å². The summed E-state index contributed by atoms with van der Waals surface area (Å²) in [6.45, 7) is 9.36. The van der Waals surface area contributed by atoms with Crippen LogP contribution >= 0.6 is 0 Å². The zero-order valence-corrected chi connectivity index (χ0v) is 25.8. The molecular formula is C32H42O12. The summed E-state index contributed by atoms with van der Waals surface area (Å²) in [6.07, 6.45) is -1.29. The summed E-state index contributed by atoms with van der Waals surface area (Å²) in [4.78, 5) is 27.3. The van der Waals surface area contributed by atoms with Gasteiger partial charge in [0.2, 0.25) is 6.29 Å². The molecule has 12 nitrogen and oxygen atoms in total. The summed E-state index contributed by atoms with van der Waals surface area (Å²) in [5.41, 5.74) is -6.47. The number of aliphatic hydroxyl groups is 3. The Bertz CT molecular complexity index is 1380. The third kappa shape index (κ3) is 2.88. The van der Waals surface area contributed by atoms with Crippen LogP contribution in [0.5, 0.6) is 0 Å². The number of hydrogen-bond donors (Lipinski definition) is 3. The van der Waals surface area contributed by atoms with E-state index in [0.717, 1.165) is 0 Å². The van der Waals surface area contributed by atoms with Crippen LogP contribution in [0.3, 0.4) is 0 Å². The number of carbonyl (C=O) groups is 2. The average Bonchev–Trinajstić information content (AvgIpc) is 3.39. The molecule has 44 heavy (non-hydrogen) atoms. The largest absolute Gasteiger partial charge is 0.469 e. The fraction of sp³-hybridized carbons (Fsp3) is 0.812. The van der Waals surface area contributed by atoms with Crippen LogP contribution in [-0.2, 0) is 42.7 Å². The fourth-order valence-corrected chi connectivity index (χ4v) is 11.6. The lowest BCUT2D eigenvalue weighted by atomic mass is 9.38. The van der Waals surface area contributed by atoms with Crippen molar-refractivity contribution in [2.75, 3.05) is 20.3 Å². The highest BCUT2D eigenvalue weighted by molar-refractivity contribution is 5.88. The summed E-state index contributed by atoms with van der Waals surface area (Å²) in [5, 5.41) is 35.3. The van der Waals surface area contributed by atoms with Gasteiger partial charge in [0.15, 0.2) is 11.7 Å². The van der Waals surface area contributed by atoms with Gasteiger partial charge in [-0.15, -0.1) is 0 Å². The minimum atomic E-state index is -1.45. The normalized spacial score (nSPS) is 59.2. The van der Waals surface area contributed by atoms with E-state index in [1.54, 1.807) is 26.0 Å². The van der Waals surface area contributed by atoms with Crippen molar-refractivity contribution in [1.29, 1.82) is 0 Å². The topological polar surface area (TPSA) is 163 Å². The Labute approximate surface area is 255 Å². The lowest BCUT2D eigenvalue weighted by molar-refractivity contribution is -0.296. The third-order valence-electron chi connectivity index (χ3n) is 13.6. The van der Waals surface area contributed by atoms with Gasteiger partial charge in [-0.05, 0) is 33.3 Å². The Balaban J connectivity index is 1.38. The molecule has 16 atom stereocenters. The molecule has 3 N–H and O–H groups in total. The van der Waals surface area contributed by atoms with E-state index in [1.807, 2.05) is 20.8 Å². The number of rotatable bonds is 4. The summed E-state index contributed by atoms with van der Waals surface area (Å²) in [5.74, 6) is -2.97. The van der Waals surface area contributed by atoms with Crippen molar-refractivity contribution in [1.82, 2.24) is 0 Å². The number of esters is 2. The number of methoxy groups -OCH3 is 1. The Morgan fingerprint density at radius 1 is 1.05 bits per heavy atom. The zero-order chi connectivity index (χ0) is 31.4. The molecule has 0 aromatic rings. The first-order valence-electron chi connectivity index (χ1n) is 15.6. The summed E-state index contributed by atoms with van der Waals surface area (Å²) in [7, 11) is 1.29. The molecule has 12 heteroatoms. The molecule has 7 fully saturated rings. The minimum Gasteiger partial charge on any atom is -0.469 e. The van der Waals surface area contributed by atoms with Crippen molar-refractivity contribution < 1.29 is 58.1 Å². The quantitative estimate of drug-likeness (QED) is 0.231. The van der Waals surface area contributed by atoms with Gasteiger partial charge < -0.3 is 48.5 Å². The number of allylic oxidation sites excluding steroid dienone is 1. The fourth-order valence-electron chi connectivity index (χ4n) is 11.6. The predicted octanol–water partition coefficient (Wildman–Crippen LogP) is 0.753. The van der Waals surface area contributed by atoms with E-state index in [1.165, 1.54) is 13.4 Å². The van der Waals surface area contributed by atoms with Crippen LogP contribution in [0.2, 0.25) is 0 Å². The van der Waals surface area contributed by atoms with Crippen LogP contribution in [0.4, 0.5) is 0 Å². The SMILES string of the molecule is C/C=C(\C)C(=O)O[C@@H]1[C@@H]2OC[C@]3(C)[C@H](O)C[C@H](O)[C@@]4(CO[C@H](C(=O)OC)[C@H]4[C@]1(C)[C@]14O[C@@]1(C)[C@H]1C[C@@H]4O[C@@H]4OC=C[C@@]41O)[C@@H]23. The third-order valence-corrected chi connectivity index (χ3v) is 13.6. The van der Waals surface area contributed by atoms with Crippen molar-refractivity contribution in [2.24, 2.45) is 34.0 Å². The number of ether oxygens (including phenoxy) is 7. The minimum absolute atomic E-state index is 0.00966. The van der Waals surface area contributed by atoms with Gasteiger partial charge in [-0.1, -0.05) is 19.9 Å². The van der Waals surface area contributed by atoms with Crippen molar-refractivity contribution in [3.8, 4) is 0 Å². The summed E-state index contributed by atoms with van der Waals surface area (Å²) in [6, 6.07) is 0. The number of epoxide rings is 1. The molecule has 0 amide bonds.